The van der Waals surface area contributed by atoms with Crippen LogP contribution in [0.1, 0.15) is 124 Å². The minimum absolute atomic E-state index is 0.0289. The molecule has 0 bridgehead atoms. The summed E-state index contributed by atoms with van der Waals surface area (Å²) < 4.78 is 30.7. The molecule has 0 aromatic carbocycles. The SMILES string of the molecule is CCCCCCCC/C=C\CCCCCCCC(=O)NC(CC)C(C)N(C)C.CCOS(=O)(=O)O. The lowest BCUT2D eigenvalue weighted by molar-refractivity contribution is -0.122. The normalized spacial score (nSPS) is 13.5. The van der Waals surface area contributed by atoms with Gasteiger partial charge < -0.3 is 10.2 Å². The highest BCUT2D eigenvalue weighted by Crippen LogP contribution is 2.10. The van der Waals surface area contributed by atoms with Gasteiger partial charge in [0.1, 0.15) is 0 Å². The van der Waals surface area contributed by atoms with Crippen molar-refractivity contribution in [2.75, 3.05) is 20.7 Å². The number of rotatable bonds is 21. The minimum Gasteiger partial charge on any atom is -0.352 e. The Labute approximate surface area is 217 Å². The first kappa shape index (κ1) is 36.2. The van der Waals surface area contributed by atoms with Gasteiger partial charge in [0, 0.05) is 18.5 Å². The Morgan fingerprint density at radius 3 is 1.77 bits per heavy atom. The molecule has 7 nitrogen and oxygen atoms in total. The number of nitrogens with one attached hydrogen (secondary N) is 1. The zero-order valence-corrected chi connectivity index (χ0v) is 24.4. The van der Waals surface area contributed by atoms with Crippen LogP contribution in [0, 0.1) is 0 Å². The van der Waals surface area contributed by atoms with Crippen molar-refractivity contribution in [2.45, 2.75) is 136 Å². The minimum atomic E-state index is -4.17. The third-order valence-corrected chi connectivity index (χ3v) is 6.65. The van der Waals surface area contributed by atoms with Crippen molar-refractivity contribution < 1.29 is 21.9 Å². The first-order valence-corrected chi connectivity index (χ1v) is 15.2. The van der Waals surface area contributed by atoms with E-state index in [1.165, 1.54) is 84.0 Å². The zero-order chi connectivity index (χ0) is 27.0. The largest absolute Gasteiger partial charge is 0.397 e. The maximum absolute atomic E-state index is 12.1. The van der Waals surface area contributed by atoms with Crippen LogP contribution in [-0.4, -0.2) is 56.6 Å². The first-order chi connectivity index (χ1) is 16.6. The standard InChI is InChI=1S/C25H50N2O.C2H6O4S/c1-6-8-9-10-11-12-13-14-15-16-17-18-19-20-21-22-25(28)26-24(7-2)23(3)27(4)5;1-2-6-7(3,4)5/h14-15,23-24H,6-13,16-22H2,1-5H3,(H,26,28);2H2,1H3,(H,3,4,5)/b15-14-;. The molecule has 0 spiro atoms. The van der Waals surface area contributed by atoms with Crippen molar-refractivity contribution in [2.24, 2.45) is 0 Å². The van der Waals surface area contributed by atoms with Crippen LogP contribution in [0.4, 0.5) is 0 Å². The molecule has 8 heteroatoms. The second-order valence-corrected chi connectivity index (χ2v) is 10.5. The Morgan fingerprint density at radius 2 is 1.37 bits per heavy atom. The molecule has 0 heterocycles. The fourth-order valence-corrected chi connectivity index (χ4v) is 4.01. The van der Waals surface area contributed by atoms with Gasteiger partial charge in [-0.2, -0.15) is 8.42 Å². The number of amides is 1. The third kappa shape index (κ3) is 27.5. The van der Waals surface area contributed by atoms with E-state index < -0.39 is 10.4 Å². The van der Waals surface area contributed by atoms with Crippen LogP contribution in [0.25, 0.3) is 0 Å². The second kappa shape index (κ2) is 24.7. The zero-order valence-electron chi connectivity index (χ0n) is 23.6. The van der Waals surface area contributed by atoms with Gasteiger partial charge in [0.15, 0.2) is 0 Å². The summed E-state index contributed by atoms with van der Waals surface area (Å²) in [5, 5.41) is 3.21. The van der Waals surface area contributed by atoms with E-state index in [9.17, 15) is 13.2 Å². The van der Waals surface area contributed by atoms with Crippen molar-refractivity contribution in [3.8, 4) is 0 Å². The number of likely N-dealkylation sites (N-methyl/N-ethyl adjacent to an activating group) is 1. The van der Waals surface area contributed by atoms with Crippen molar-refractivity contribution in [1.82, 2.24) is 10.2 Å². The van der Waals surface area contributed by atoms with Gasteiger partial charge in [-0.15, -0.1) is 0 Å². The van der Waals surface area contributed by atoms with Gasteiger partial charge in [0.2, 0.25) is 5.91 Å². The van der Waals surface area contributed by atoms with Crippen LogP contribution < -0.4 is 5.32 Å². The number of allylic oxidation sites excluding steroid dienone is 2. The number of hydrogen-bond donors (Lipinski definition) is 2. The van der Waals surface area contributed by atoms with E-state index in [2.05, 4.69) is 61.4 Å². The quantitative estimate of drug-likeness (QED) is 0.0994. The van der Waals surface area contributed by atoms with E-state index in [1.54, 1.807) is 0 Å². The lowest BCUT2D eigenvalue weighted by Crippen LogP contribution is -2.47. The molecular weight excluding hydrogens is 464 g/mol. The Kier molecular flexibility index (Phi) is 25.6. The van der Waals surface area contributed by atoms with E-state index in [0.29, 0.717) is 12.5 Å². The molecule has 2 unspecified atom stereocenters. The maximum atomic E-state index is 12.1. The predicted octanol–water partition coefficient (Wildman–Crippen LogP) is 6.69. The van der Waals surface area contributed by atoms with Gasteiger partial charge in [-0.25, -0.2) is 4.18 Å². The molecule has 0 fully saturated rings. The van der Waals surface area contributed by atoms with Crippen LogP contribution in [0.5, 0.6) is 0 Å². The molecule has 1 amide bonds. The predicted molar refractivity (Wildman–Crippen MR) is 148 cm³/mol. The molecule has 0 saturated carbocycles. The molecule has 0 radical (unpaired) electrons. The Balaban J connectivity index is 0. The molecular formula is C27H56N2O5S. The van der Waals surface area contributed by atoms with Gasteiger partial charge >= 0.3 is 10.4 Å². The summed E-state index contributed by atoms with van der Waals surface area (Å²) in [6, 6.07) is 0.633. The van der Waals surface area contributed by atoms with Gasteiger partial charge in [-0.1, -0.05) is 77.4 Å². The molecule has 2 N–H and O–H groups in total. The van der Waals surface area contributed by atoms with Crippen LogP contribution in [0.15, 0.2) is 12.2 Å². The number of carbonyl (C=O) groups excluding carboxylic acids is 1. The summed E-state index contributed by atoms with van der Waals surface area (Å²) >= 11 is 0. The van der Waals surface area contributed by atoms with E-state index in [-0.39, 0.29) is 18.6 Å². The number of hydrogen-bond acceptors (Lipinski definition) is 5. The van der Waals surface area contributed by atoms with Crippen LogP contribution in [-0.2, 0) is 19.4 Å². The fourth-order valence-electron chi connectivity index (χ4n) is 3.71. The highest BCUT2D eigenvalue weighted by atomic mass is 32.3. The van der Waals surface area contributed by atoms with Gasteiger partial charge in [0.25, 0.3) is 0 Å². The molecule has 35 heavy (non-hydrogen) atoms. The average Bonchev–Trinajstić information content (AvgIpc) is 2.79. The molecule has 2 atom stereocenters. The third-order valence-electron chi connectivity index (χ3n) is 6.12. The molecule has 0 aliphatic carbocycles. The van der Waals surface area contributed by atoms with Crippen LogP contribution in [0.3, 0.4) is 0 Å². The van der Waals surface area contributed by atoms with Crippen LogP contribution in [0.2, 0.25) is 0 Å². The lowest BCUT2D eigenvalue weighted by atomic mass is 10.1. The van der Waals surface area contributed by atoms with Crippen LogP contribution >= 0.6 is 0 Å². The smallest absolute Gasteiger partial charge is 0.352 e. The summed E-state index contributed by atoms with van der Waals surface area (Å²) in [6.45, 7) is 8.03. The molecule has 0 rings (SSSR count). The lowest BCUT2D eigenvalue weighted by Gasteiger charge is -2.29. The topological polar surface area (TPSA) is 95.9 Å². The number of carbonyl (C=O) groups is 1. The van der Waals surface area contributed by atoms with Gasteiger partial charge in [-0.05, 0) is 66.5 Å². The number of nitrogens with zero attached hydrogens (tertiary/aromatic N) is 1. The summed E-state index contributed by atoms with van der Waals surface area (Å²) in [7, 11) is -0.0287. The van der Waals surface area contributed by atoms with E-state index in [0.717, 1.165) is 12.8 Å². The van der Waals surface area contributed by atoms with Crippen molar-refractivity contribution >= 4 is 16.3 Å². The first-order valence-electron chi connectivity index (χ1n) is 13.8. The maximum Gasteiger partial charge on any atom is 0.397 e. The summed E-state index contributed by atoms with van der Waals surface area (Å²) in [4.78, 5) is 14.3. The molecule has 210 valence electrons. The summed E-state index contributed by atoms with van der Waals surface area (Å²) in [5.74, 6) is 0.221. The Bertz CT molecular complexity index is 609. The fraction of sp³-hybridized carbons (Fsp3) is 0.889. The van der Waals surface area contributed by atoms with Crippen molar-refractivity contribution in [1.29, 1.82) is 0 Å². The highest BCUT2D eigenvalue weighted by Gasteiger charge is 2.18. The molecule has 0 aliphatic rings. The van der Waals surface area contributed by atoms with E-state index in [4.69, 9.17) is 4.55 Å². The highest BCUT2D eigenvalue weighted by molar-refractivity contribution is 7.80. The molecule has 0 aliphatic heterocycles. The van der Waals surface area contributed by atoms with Gasteiger partial charge in [0.05, 0.1) is 6.61 Å². The van der Waals surface area contributed by atoms with Crippen molar-refractivity contribution in [3.05, 3.63) is 12.2 Å². The monoisotopic (exact) mass is 520 g/mol. The molecule has 0 aromatic heterocycles. The summed E-state index contributed by atoms with van der Waals surface area (Å²) in [5.41, 5.74) is 0. The van der Waals surface area contributed by atoms with E-state index in [1.807, 2.05) is 0 Å². The number of unbranched alkanes of at least 4 members (excludes halogenated alkanes) is 11. The Morgan fingerprint density at radius 1 is 0.886 bits per heavy atom. The van der Waals surface area contributed by atoms with E-state index >= 15 is 0 Å². The average molecular weight is 521 g/mol. The molecule has 0 aromatic rings. The van der Waals surface area contributed by atoms with Crippen molar-refractivity contribution in [3.63, 3.8) is 0 Å². The van der Waals surface area contributed by atoms with Gasteiger partial charge in [-0.3, -0.25) is 9.35 Å². The second-order valence-electron chi connectivity index (χ2n) is 9.46. The Hall–Kier alpha value is -0.960. The summed E-state index contributed by atoms with van der Waals surface area (Å²) in [6.07, 6.45) is 23.2. The molecule has 0 saturated heterocycles.